The van der Waals surface area contributed by atoms with Crippen molar-refractivity contribution in [2.75, 3.05) is 5.32 Å². The second-order valence-electron chi connectivity index (χ2n) is 5.78. The Balaban J connectivity index is 1.68. The van der Waals surface area contributed by atoms with Gasteiger partial charge in [0.2, 0.25) is 5.91 Å². The van der Waals surface area contributed by atoms with Gasteiger partial charge in [0, 0.05) is 11.9 Å². The monoisotopic (exact) mass is 346 g/mol. The standard InChI is InChI=1S/C20H15FN4O/c21-14-8-10-15(11-9-14)23-19(26)13-25-18-7-2-1-5-16(18)24-20(25)17-6-3-4-12-22-17/h1-12H,13H2,(H,23,26). The maximum Gasteiger partial charge on any atom is 0.244 e. The molecule has 5 nitrogen and oxygen atoms in total. The Bertz CT molecular complexity index is 1060. The van der Waals surface area contributed by atoms with Crippen molar-refractivity contribution in [3.8, 4) is 11.5 Å². The van der Waals surface area contributed by atoms with Crippen LogP contribution in [0, 0.1) is 5.82 Å². The number of fused-ring (bicyclic) bond motifs is 1. The summed E-state index contributed by atoms with van der Waals surface area (Å²) in [7, 11) is 0. The van der Waals surface area contributed by atoms with Crippen molar-refractivity contribution in [3.05, 3.63) is 78.7 Å². The molecule has 0 radical (unpaired) electrons. The van der Waals surface area contributed by atoms with Crippen molar-refractivity contribution in [3.63, 3.8) is 0 Å². The maximum absolute atomic E-state index is 13.0. The number of halogens is 1. The van der Waals surface area contributed by atoms with E-state index in [0.29, 0.717) is 17.2 Å². The molecule has 0 spiro atoms. The van der Waals surface area contributed by atoms with Crippen molar-refractivity contribution >= 4 is 22.6 Å². The van der Waals surface area contributed by atoms with Gasteiger partial charge in [0.05, 0.1) is 11.0 Å². The van der Waals surface area contributed by atoms with Crippen LogP contribution in [0.4, 0.5) is 10.1 Å². The van der Waals surface area contributed by atoms with Gasteiger partial charge in [-0.1, -0.05) is 18.2 Å². The maximum atomic E-state index is 13.0. The van der Waals surface area contributed by atoms with Crippen molar-refractivity contribution in [2.24, 2.45) is 0 Å². The molecule has 0 aliphatic rings. The van der Waals surface area contributed by atoms with Crippen molar-refractivity contribution in [2.45, 2.75) is 6.54 Å². The van der Waals surface area contributed by atoms with Gasteiger partial charge in [0.1, 0.15) is 18.1 Å². The zero-order chi connectivity index (χ0) is 17.9. The van der Waals surface area contributed by atoms with Gasteiger partial charge in [-0.25, -0.2) is 9.37 Å². The minimum absolute atomic E-state index is 0.0732. The number of carbonyl (C=O) groups excluding carboxylic acids is 1. The molecule has 0 aliphatic carbocycles. The van der Waals surface area contributed by atoms with Gasteiger partial charge in [-0.2, -0.15) is 0 Å². The summed E-state index contributed by atoms with van der Waals surface area (Å²) in [6.07, 6.45) is 1.69. The van der Waals surface area contributed by atoms with Crippen LogP contribution in [0.25, 0.3) is 22.6 Å². The predicted molar refractivity (Wildman–Crippen MR) is 98.0 cm³/mol. The lowest BCUT2D eigenvalue weighted by Gasteiger charge is -2.10. The molecule has 2 aromatic carbocycles. The van der Waals surface area contributed by atoms with Crippen LogP contribution < -0.4 is 5.32 Å². The van der Waals surface area contributed by atoms with Crippen LogP contribution in [0.2, 0.25) is 0 Å². The largest absolute Gasteiger partial charge is 0.325 e. The average molecular weight is 346 g/mol. The Kier molecular flexibility index (Phi) is 4.15. The number of pyridine rings is 1. The fourth-order valence-corrected chi connectivity index (χ4v) is 2.80. The van der Waals surface area contributed by atoms with Crippen LogP contribution in [0.5, 0.6) is 0 Å². The van der Waals surface area contributed by atoms with E-state index >= 15 is 0 Å². The molecule has 0 atom stereocenters. The van der Waals surface area contributed by atoms with E-state index in [1.54, 1.807) is 6.20 Å². The lowest BCUT2D eigenvalue weighted by atomic mass is 10.3. The Morgan fingerprint density at radius 3 is 2.54 bits per heavy atom. The Morgan fingerprint density at radius 1 is 1.00 bits per heavy atom. The summed E-state index contributed by atoms with van der Waals surface area (Å²) in [5, 5.41) is 2.78. The lowest BCUT2D eigenvalue weighted by Crippen LogP contribution is -2.19. The predicted octanol–water partition coefficient (Wildman–Crippen LogP) is 3.88. The molecule has 0 bridgehead atoms. The van der Waals surface area contributed by atoms with E-state index in [1.807, 2.05) is 47.0 Å². The molecule has 0 saturated heterocycles. The molecule has 0 fully saturated rings. The highest BCUT2D eigenvalue weighted by Crippen LogP contribution is 2.23. The number of aromatic nitrogens is 3. The van der Waals surface area contributed by atoms with Crippen LogP contribution in [-0.2, 0) is 11.3 Å². The second-order valence-corrected chi connectivity index (χ2v) is 5.78. The molecule has 0 aliphatic heterocycles. The van der Waals surface area contributed by atoms with Gasteiger partial charge < -0.3 is 9.88 Å². The van der Waals surface area contributed by atoms with Crippen molar-refractivity contribution in [1.82, 2.24) is 14.5 Å². The lowest BCUT2D eigenvalue weighted by molar-refractivity contribution is -0.116. The summed E-state index contributed by atoms with van der Waals surface area (Å²) in [4.78, 5) is 21.5. The summed E-state index contributed by atoms with van der Waals surface area (Å²) < 4.78 is 14.8. The molecule has 2 aromatic heterocycles. The molecule has 2 heterocycles. The fourth-order valence-electron chi connectivity index (χ4n) is 2.80. The van der Waals surface area contributed by atoms with Gasteiger partial charge in [-0.3, -0.25) is 9.78 Å². The summed E-state index contributed by atoms with van der Waals surface area (Å²) >= 11 is 0. The first kappa shape index (κ1) is 16.0. The molecule has 6 heteroatoms. The average Bonchev–Trinajstić information content (AvgIpc) is 3.03. The number of anilines is 1. The van der Waals surface area contributed by atoms with Crippen LogP contribution in [-0.4, -0.2) is 20.4 Å². The molecule has 4 rings (SSSR count). The molecular weight excluding hydrogens is 331 g/mol. The molecule has 1 amide bonds. The first-order valence-corrected chi connectivity index (χ1v) is 8.13. The number of carbonyl (C=O) groups is 1. The van der Waals surface area contributed by atoms with Gasteiger partial charge >= 0.3 is 0 Å². The van der Waals surface area contributed by atoms with Crippen LogP contribution in [0.1, 0.15) is 0 Å². The number of para-hydroxylation sites is 2. The van der Waals surface area contributed by atoms with Crippen LogP contribution in [0.15, 0.2) is 72.9 Å². The quantitative estimate of drug-likeness (QED) is 0.610. The minimum atomic E-state index is -0.346. The molecular formula is C20H15FN4O. The number of rotatable bonds is 4. The van der Waals surface area contributed by atoms with E-state index in [9.17, 15) is 9.18 Å². The first-order chi connectivity index (χ1) is 12.7. The van der Waals surface area contributed by atoms with Crippen LogP contribution in [0.3, 0.4) is 0 Å². The number of imidazole rings is 1. The fraction of sp³-hybridized carbons (Fsp3) is 0.0500. The normalized spacial score (nSPS) is 10.8. The van der Waals surface area contributed by atoms with Gasteiger partial charge in [-0.15, -0.1) is 0 Å². The van der Waals surface area contributed by atoms with E-state index in [4.69, 9.17) is 0 Å². The van der Waals surface area contributed by atoms with Crippen molar-refractivity contribution in [1.29, 1.82) is 0 Å². The van der Waals surface area contributed by atoms with Crippen LogP contribution >= 0.6 is 0 Å². The molecule has 0 unspecified atom stereocenters. The van der Waals surface area contributed by atoms with Gasteiger partial charge in [0.25, 0.3) is 0 Å². The third-order valence-electron chi connectivity index (χ3n) is 3.98. The van der Waals surface area contributed by atoms with E-state index < -0.39 is 0 Å². The Hall–Kier alpha value is -3.54. The number of hydrogen-bond donors (Lipinski definition) is 1. The van der Waals surface area contributed by atoms with Gasteiger partial charge in [-0.05, 0) is 48.5 Å². The van der Waals surface area contributed by atoms with E-state index in [2.05, 4.69) is 15.3 Å². The molecule has 1 N–H and O–H groups in total. The third kappa shape index (κ3) is 3.17. The van der Waals surface area contributed by atoms with E-state index in [1.165, 1.54) is 24.3 Å². The zero-order valence-electron chi connectivity index (χ0n) is 13.8. The Labute approximate surface area is 149 Å². The Morgan fingerprint density at radius 2 is 1.77 bits per heavy atom. The number of amides is 1. The SMILES string of the molecule is O=C(Cn1c(-c2ccccn2)nc2ccccc21)Nc1ccc(F)cc1. The molecule has 0 saturated carbocycles. The van der Waals surface area contributed by atoms with Gasteiger partial charge in [0.15, 0.2) is 5.82 Å². The highest BCUT2D eigenvalue weighted by Gasteiger charge is 2.15. The molecule has 26 heavy (non-hydrogen) atoms. The molecule has 128 valence electrons. The summed E-state index contributed by atoms with van der Waals surface area (Å²) in [6, 6.07) is 18.9. The summed E-state index contributed by atoms with van der Waals surface area (Å²) in [5.41, 5.74) is 2.88. The zero-order valence-corrected chi connectivity index (χ0v) is 13.8. The summed E-state index contributed by atoms with van der Waals surface area (Å²) in [6.45, 7) is 0.0732. The molecule has 4 aromatic rings. The first-order valence-electron chi connectivity index (χ1n) is 8.13. The highest BCUT2D eigenvalue weighted by molar-refractivity contribution is 5.92. The number of nitrogens with one attached hydrogen (secondary N) is 1. The number of nitrogens with zero attached hydrogens (tertiary/aromatic N) is 3. The highest BCUT2D eigenvalue weighted by atomic mass is 19.1. The minimum Gasteiger partial charge on any atom is -0.325 e. The van der Waals surface area contributed by atoms with E-state index in [0.717, 1.165) is 11.0 Å². The smallest absolute Gasteiger partial charge is 0.244 e. The second kappa shape index (κ2) is 6.76. The van der Waals surface area contributed by atoms with E-state index in [-0.39, 0.29) is 18.3 Å². The van der Waals surface area contributed by atoms with Crippen molar-refractivity contribution < 1.29 is 9.18 Å². The topological polar surface area (TPSA) is 59.8 Å². The number of hydrogen-bond acceptors (Lipinski definition) is 3. The third-order valence-corrected chi connectivity index (χ3v) is 3.98. The summed E-state index contributed by atoms with van der Waals surface area (Å²) in [5.74, 6) is 0.0547. The number of benzene rings is 2.